The smallest absolute Gasteiger partial charge is 0.230 e. The summed E-state index contributed by atoms with van der Waals surface area (Å²) in [6, 6.07) is 7.46. The lowest BCUT2D eigenvalue weighted by Crippen LogP contribution is -2.16. The highest BCUT2D eigenvalue weighted by Gasteiger charge is 2.08. The SMILES string of the molecule is NCc1ccccc1NC(=O)Cc1csc(N)n1. The molecule has 18 heavy (non-hydrogen) atoms. The quantitative estimate of drug-likeness (QED) is 0.775. The van der Waals surface area contributed by atoms with Gasteiger partial charge in [0.15, 0.2) is 5.13 Å². The number of benzene rings is 1. The third-order valence-electron chi connectivity index (χ3n) is 2.42. The number of hydrogen-bond acceptors (Lipinski definition) is 5. The van der Waals surface area contributed by atoms with Gasteiger partial charge in [-0.1, -0.05) is 18.2 Å². The third-order valence-corrected chi connectivity index (χ3v) is 3.15. The Morgan fingerprint density at radius 3 is 2.83 bits per heavy atom. The Balaban J connectivity index is 2.03. The first-order valence-corrected chi connectivity index (χ1v) is 6.34. The van der Waals surface area contributed by atoms with Crippen molar-refractivity contribution in [2.45, 2.75) is 13.0 Å². The van der Waals surface area contributed by atoms with E-state index >= 15 is 0 Å². The van der Waals surface area contributed by atoms with E-state index in [0.717, 1.165) is 11.3 Å². The summed E-state index contributed by atoms with van der Waals surface area (Å²) in [6.07, 6.45) is 0.215. The minimum atomic E-state index is -0.124. The zero-order valence-corrected chi connectivity index (χ0v) is 10.5. The maximum atomic E-state index is 11.8. The number of thiazole rings is 1. The number of nitrogens with two attached hydrogens (primary N) is 2. The van der Waals surface area contributed by atoms with Gasteiger partial charge < -0.3 is 16.8 Å². The van der Waals surface area contributed by atoms with Crippen LogP contribution in [-0.4, -0.2) is 10.9 Å². The van der Waals surface area contributed by atoms with Crippen molar-refractivity contribution in [1.82, 2.24) is 4.98 Å². The molecule has 1 aromatic heterocycles. The van der Waals surface area contributed by atoms with E-state index in [1.54, 1.807) is 5.38 Å². The summed E-state index contributed by atoms with van der Waals surface area (Å²) in [4.78, 5) is 15.9. The third kappa shape index (κ3) is 3.06. The van der Waals surface area contributed by atoms with Gasteiger partial charge in [0.05, 0.1) is 12.1 Å². The Labute approximate surface area is 109 Å². The van der Waals surface area contributed by atoms with Gasteiger partial charge in [0.2, 0.25) is 5.91 Å². The van der Waals surface area contributed by atoms with Gasteiger partial charge in [-0.15, -0.1) is 11.3 Å². The molecule has 0 aliphatic heterocycles. The molecular weight excluding hydrogens is 248 g/mol. The molecule has 6 heteroatoms. The Bertz CT molecular complexity index is 553. The van der Waals surface area contributed by atoms with Crippen LogP contribution >= 0.6 is 11.3 Å². The fourth-order valence-electron chi connectivity index (χ4n) is 1.58. The van der Waals surface area contributed by atoms with Gasteiger partial charge in [-0.05, 0) is 11.6 Å². The Kier molecular flexibility index (Phi) is 3.91. The molecule has 94 valence electrons. The molecular formula is C12H14N4OS. The van der Waals surface area contributed by atoms with Crippen molar-refractivity contribution in [3.05, 3.63) is 40.9 Å². The van der Waals surface area contributed by atoms with Gasteiger partial charge in [-0.3, -0.25) is 4.79 Å². The zero-order valence-electron chi connectivity index (χ0n) is 9.72. The van der Waals surface area contributed by atoms with E-state index in [1.165, 1.54) is 11.3 Å². The van der Waals surface area contributed by atoms with Gasteiger partial charge in [0, 0.05) is 17.6 Å². The highest BCUT2D eigenvalue weighted by atomic mass is 32.1. The number of para-hydroxylation sites is 1. The fraction of sp³-hybridized carbons (Fsp3) is 0.167. The van der Waals surface area contributed by atoms with E-state index in [0.29, 0.717) is 17.4 Å². The normalized spacial score (nSPS) is 10.3. The van der Waals surface area contributed by atoms with Crippen LogP contribution in [0.2, 0.25) is 0 Å². The Hall–Kier alpha value is -1.92. The second-order valence-electron chi connectivity index (χ2n) is 3.76. The van der Waals surface area contributed by atoms with Crippen LogP contribution in [0.4, 0.5) is 10.8 Å². The number of aromatic nitrogens is 1. The Morgan fingerprint density at radius 2 is 2.17 bits per heavy atom. The molecule has 1 aromatic carbocycles. The van der Waals surface area contributed by atoms with E-state index in [9.17, 15) is 4.79 Å². The standard InChI is InChI=1S/C12H14N4OS/c13-6-8-3-1-2-4-10(8)16-11(17)5-9-7-18-12(14)15-9/h1-4,7H,5-6,13H2,(H2,14,15)(H,16,17). The molecule has 2 rings (SSSR count). The van der Waals surface area contributed by atoms with Crippen LogP contribution in [0.5, 0.6) is 0 Å². The molecule has 0 radical (unpaired) electrons. The minimum absolute atomic E-state index is 0.124. The summed E-state index contributed by atoms with van der Waals surface area (Å²) in [5.41, 5.74) is 13.4. The van der Waals surface area contributed by atoms with E-state index in [2.05, 4.69) is 10.3 Å². The van der Waals surface area contributed by atoms with Crippen LogP contribution in [0.15, 0.2) is 29.6 Å². The molecule has 0 aliphatic rings. The van der Waals surface area contributed by atoms with E-state index in [4.69, 9.17) is 11.5 Å². The fourth-order valence-corrected chi connectivity index (χ4v) is 2.15. The van der Waals surface area contributed by atoms with E-state index in [-0.39, 0.29) is 12.3 Å². The van der Waals surface area contributed by atoms with Crippen molar-refractivity contribution in [2.75, 3.05) is 11.1 Å². The maximum absolute atomic E-state index is 11.8. The van der Waals surface area contributed by atoms with Crippen LogP contribution in [0.25, 0.3) is 0 Å². The predicted molar refractivity (Wildman–Crippen MR) is 73.2 cm³/mol. The average Bonchev–Trinajstić information content (AvgIpc) is 2.75. The lowest BCUT2D eigenvalue weighted by molar-refractivity contribution is -0.115. The van der Waals surface area contributed by atoms with E-state index in [1.807, 2.05) is 24.3 Å². The molecule has 0 spiro atoms. The lowest BCUT2D eigenvalue weighted by Gasteiger charge is -2.08. The highest BCUT2D eigenvalue weighted by molar-refractivity contribution is 7.13. The molecule has 1 heterocycles. The van der Waals surface area contributed by atoms with Crippen LogP contribution in [-0.2, 0) is 17.8 Å². The lowest BCUT2D eigenvalue weighted by atomic mass is 10.1. The second kappa shape index (κ2) is 5.61. The molecule has 2 aromatic rings. The molecule has 0 bridgehead atoms. The second-order valence-corrected chi connectivity index (χ2v) is 4.65. The molecule has 5 nitrogen and oxygen atoms in total. The Morgan fingerprint density at radius 1 is 1.39 bits per heavy atom. The van der Waals surface area contributed by atoms with Crippen molar-refractivity contribution >= 4 is 28.1 Å². The van der Waals surface area contributed by atoms with Gasteiger partial charge in [-0.2, -0.15) is 0 Å². The summed E-state index contributed by atoms with van der Waals surface area (Å²) >= 11 is 1.33. The summed E-state index contributed by atoms with van der Waals surface area (Å²) in [5, 5.41) is 5.08. The average molecular weight is 262 g/mol. The van der Waals surface area contributed by atoms with Crippen LogP contribution < -0.4 is 16.8 Å². The van der Waals surface area contributed by atoms with Gasteiger partial charge in [0.1, 0.15) is 0 Å². The number of amides is 1. The largest absolute Gasteiger partial charge is 0.375 e. The first-order valence-electron chi connectivity index (χ1n) is 5.46. The van der Waals surface area contributed by atoms with Crippen molar-refractivity contribution in [1.29, 1.82) is 0 Å². The number of rotatable bonds is 4. The van der Waals surface area contributed by atoms with Crippen LogP contribution in [0.3, 0.4) is 0 Å². The highest BCUT2D eigenvalue weighted by Crippen LogP contribution is 2.16. The number of nitrogens with one attached hydrogen (secondary N) is 1. The van der Waals surface area contributed by atoms with Crippen molar-refractivity contribution in [3.8, 4) is 0 Å². The molecule has 0 unspecified atom stereocenters. The van der Waals surface area contributed by atoms with Crippen LogP contribution in [0.1, 0.15) is 11.3 Å². The summed E-state index contributed by atoms with van der Waals surface area (Å²) < 4.78 is 0. The molecule has 0 aliphatic carbocycles. The number of nitrogens with zero attached hydrogens (tertiary/aromatic N) is 1. The molecule has 5 N–H and O–H groups in total. The summed E-state index contributed by atoms with van der Waals surface area (Å²) in [7, 11) is 0. The van der Waals surface area contributed by atoms with Gasteiger partial charge in [-0.25, -0.2) is 4.98 Å². The number of anilines is 2. The number of carbonyl (C=O) groups excluding carboxylic acids is 1. The van der Waals surface area contributed by atoms with E-state index < -0.39 is 0 Å². The number of hydrogen-bond donors (Lipinski definition) is 3. The molecule has 0 saturated heterocycles. The molecule has 0 saturated carbocycles. The summed E-state index contributed by atoms with van der Waals surface area (Å²) in [6.45, 7) is 0.389. The number of carbonyl (C=O) groups is 1. The van der Waals surface area contributed by atoms with Gasteiger partial charge >= 0.3 is 0 Å². The predicted octanol–water partition coefficient (Wildman–Crippen LogP) is 1.37. The molecule has 1 amide bonds. The van der Waals surface area contributed by atoms with Gasteiger partial charge in [0.25, 0.3) is 0 Å². The maximum Gasteiger partial charge on any atom is 0.230 e. The summed E-state index contributed by atoms with van der Waals surface area (Å²) in [5.74, 6) is -0.124. The zero-order chi connectivity index (χ0) is 13.0. The van der Waals surface area contributed by atoms with Crippen molar-refractivity contribution < 1.29 is 4.79 Å². The van der Waals surface area contributed by atoms with Crippen LogP contribution in [0, 0.1) is 0 Å². The van der Waals surface area contributed by atoms with Crippen molar-refractivity contribution in [3.63, 3.8) is 0 Å². The number of nitrogen functional groups attached to an aromatic ring is 1. The first kappa shape index (κ1) is 12.5. The molecule has 0 atom stereocenters. The first-order chi connectivity index (χ1) is 8.69. The monoisotopic (exact) mass is 262 g/mol. The minimum Gasteiger partial charge on any atom is -0.375 e. The van der Waals surface area contributed by atoms with Crippen molar-refractivity contribution in [2.24, 2.45) is 5.73 Å². The molecule has 0 fully saturated rings. The topological polar surface area (TPSA) is 94.0 Å².